The van der Waals surface area contributed by atoms with Gasteiger partial charge in [-0.05, 0) is 72.2 Å². The van der Waals surface area contributed by atoms with Crippen LogP contribution in [0.3, 0.4) is 0 Å². The summed E-state index contributed by atoms with van der Waals surface area (Å²) in [6.45, 7) is 19.7. The van der Waals surface area contributed by atoms with E-state index in [-0.39, 0.29) is 21.7 Å². The first-order chi connectivity index (χ1) is 20.4. The Morgan fingerprint density at radius 3 is 2.05 bits per heavy atom. The predicted molar refractivity (Wildman–Crippen MR) is 173 cm³/mol. The number of carbonyl (C=O) groups is 2. The van der Waals surface area contributed by atoms with E-state index in [2.05, 4.69) is 31.1 Å². The van der Waals surface area contributed by atoms with Gasteiger partial charge >= 0.3 is 11.9 Å². The second-order valence-electron chi connectivity index (χ2n) is 10.3. The Morgan fingerprint density at radius 1 is 0.884 bits per heavy atom. The number of anilines is 1. The van der Waals surface area contributed by atoms with Gasteiger partial charge in [0, 0.05) is 45.9 Å². The van der Waals surface area contributed by atoms with Gasteiger partial charge in [0.15, 0.2) is 0 Å². The lowest BCUT2D eigenvalue weighted by Gasteiger charge is -2.20. The zero-order valence-electron chi connectivity index (χ0n) is 25.8. The van der Waals surface area contributed by atoms with E-state index in [1.165, 1.54) is 25.7 Å². The number of hydrogen-bond donors (Lipinski definition) is 5. The van der Waals surface area contributed by atoms with Crippen molar-refractivity contribution < 1.29 is 34.1 Å². The van der Waals surface area contributed by atoms with Crippen LogP contribution in [0.4, 0.5) is 5.69 Å². The highest BCUT2D eigenvalue weighted by Gasteiger charge is 2.30. The van der Waals surface area contributed by atoms with Gasteiger partial charge in [0.25, 0.3) is 0 Å². The molecular formula is C33H41Cl2N3O5+2. The van der Waals surface area contributed by atoms with Crippen LogP contribution in [0, 0.1) is 13.8 Å². The average molecular weight is 631 g/mol. The molecule has 230 valence electrons. The third kappa shape index (κ3) is 7.15. The molecule has 0 unspecified atom stereocenters. The molecule has 0 spiro atoms. The second kappa shape index (κ2) is 14.7. The molecule has 1 aliphatic carbocycles. The molecule has 43 heavy (non-hydrogen) atoms. The van der Waals surface area contributed by atoms with Crippen molar-refractivity contribution in [2.75, 3.05) is 38.0 Å². The summed E-state index contributed by atoms with van der Waals surface area (Å²) in [5.74, 6) is -2.24. The van der Waals surface area contributed by atoms with Crippen molar-refractivity contribution in [3.05, 3.63) is 68.0 Å². The monoisotopic (exact) mass is 629 g/mol. The minimum absolute atomic E-state index is 0.0372. The number of carboxylic acid groups (broad SMARTS) is 2. The second-order valence-corrected chi connectivity index (χ2v) is 11.0. The molecule has 8 nitrogen and oxygen atoms in total. The smallest absolute Gasteiger partial charge is 0.337 e. The Bertz CT molecular complexity index is 1690. The molecule has 2 aromatic rings. The fourth-order valence-corrected chi connectivity index (χ4v) is 5.82. The Balaban J connectivity index is 0.000000646. The first-order valence-electron chi connectivity index (χ1n) is 14.6. The van der Waals surface area contributed by atoms with Crippen LogP contribution in [0.5, 0.6) is 0 Å². The van der Waals surface area contributed by atoms with E-state index in [1.807, 2.05) is 52.0 Å². The fourth-order valence-electron chi connectivity index (χ4n) is 5.21. The lowest BCUT2D eigenvalue weighted by molar-refractivity contribution is -0.894. The summed E-state index contributed by atoms with van der Waals surface area (Å²) >= 11 is 13.0. The molecule has 4 rings (SSSR count). The minimum atomic E-state index is -1.39. The van der Waals surface area contributed by atoms with Crippen molar-refractivity contribution in [3.8, 4) is 22.5 Å². The number of halogens is 2. The zero-order chi connectivity index (χ0) is 32.0. The van der Waals surface area contributed by atoms with Crippen LogP contribution in [0.1, 0.15) is 66.5 Å². The van der Waals surface area contributed by atoms with Crippen LogP contribution in [0.25, 0.3) is 33.4 Å². The Labute approximate surface area is 262 Å². The topological polar surface area (TPSA) is 118 Å². The molecule has 0 amide bonds. The maximum absolute atomic E-state index is 12.4. The highest BCUT2D eigenvalue weighted by molar-refractivity contribution is 6.41. The van der Waals surface area contributed by atoms with Gasteiger partial charge < -0.3 is 24.8 Å². The van der Waals surface area contributed by atoms with Crippen LogP contribution in [-0.2, 0) is 0 Å². The number of rotatable bonds is 9. The first kappa shape index (κ1) is 33.9. The molecule has 2 aliphatic rings. The Kier molecular flexibility index (Phi) is 11.6. The maximum Gasteiger partial charge on any atom is 0.337 e. The van der Waals surface area contributed by atoms with E-state index < -0.39 is 17.0 Å². The van der Waals surface area contributed by atoms with Crippen LogP contribution in [-0.4, -0.2) is 54.9 Å². The van der Waals surface area contributed by atoms with E-state index in [9.17, 15) is 19.8 Å². The zero-order valence-corrected chi connectivity index (χ0v) is 27.3. The largest absolute Gasteiger partial charge is 0.478 e. The van der Waals surface area contributed by atoms with Crippen molar-refractivity contribution in [2.24, 2.45) is 0 Å². The summed E-state index contributed by atoms with van der Waals surface area (Å²) in [6, 6.07) is 8.73. The average Bonchev–Trinajstić information content (AvgIpc) is 2.95. The van der Waals surface area contributed by atoms with Crippen molar-refractivity contribution >= 4 is 51.8 Å². The molecule has 0 atom stereocenters. The van der Waals surface area contributed by atoms with E-state index in [1.54, 1.807) is 4.90 Å². The molecule has 1 heterocycles. The SMILES string of the molecule is CCNc1cc2oc3cc(=[NH+]CC)c(C)cc-3c(-c3c(Cl)cc(C(=O)O)c(Cl)c3C(=O)O)c2cc1C.CC[NH+](CC)CC. The summed E-state index contributed by atoms with van der Waals surface area (Å²) in [6.07, 6.45) is 0. The number of hydrogen-bond acceptors (Lipinski definition) is 4. The molecule has 1 aliphatic heterocycles. The van der Waals surface area contributed by atoms with E-state index in [0.717, 1.165) is 22.2 Å². The van der Waals surface area contributed by atoms with Crippen LogP contribution >= 0.6 is 23.2 Å². The number of quaternary nitrogens is 1. The third-order valence-electron chi connectivity index (χ3n) is 7.56. The van der Waals surface area contributed by atoms with Gasteiger partial charge in [-0.15, -0.1) is 0 Å². The summed E-state index contributed by atoms with van der Waals surface area (Å²) in [5.41, 5.74) is 3.73. The molecular weight excluding hydrogens is 589 g/mol. The normalized spacial score (nSPS) is 11.6. The molecule has 0 fully saturated rings. The van der Waals surface area contributed by atoms with E-state index >= 15 is 0 Å². The van der Waals surface area contributed by atoms with Gasteiger partial charge in [-0.3, -0.25) is 0 Å². The summed E-state index contributed by atoms with van der Waals surface area (Å²) in [7, 11) is 0. The van der Waals surface area contributed by atoms with Gasteiger partial charge in [0.2, 0.25) is 5.36 Å². The highest BCUT2D eigenvalue weighted by atomic mass is 35.5. The Morgan fingerprint density at radius 2 is 1.53 bits per heavy atom. The van der Waals surface area contributed by atoms with Crippen molar-refractivity contribution in [1.29, 1.82) is 0 Å². The molecule has 0 saturated heterocycles. The fraction of sp³-hybridized carbons (Fsp3) is 0.364. The van der Waals surface area contributed by atoms with Gasteiger partial charge in [0.1, 0.15) is 17.9 Å². The maximum atomic E-state index is 12.4. The van der Waals surface area contributed by atoms with Crippen LogP contribution < -0.4 is 20.6 Å². The minimum Gasteiger partial charge on any atom is -0.478 e. The highest BCUT2D eigenvalue weighted by Crippen LogP contribution is 2.47. The number of aromatic carboxylic acids is 2. The Hall–Kier alpha value is -3.59. The summed E-state index contributed by atoms with van der Waals surface area (Å²) in [5, 5.41) is 24.1. The van der Waals surface area contributed by atoms with Crippen LogP contribution in [0.15, 0.2) is 34.7 Å². The lowest BCUT2D eigenvalue weighted by atomic mass is 9.88. The van der Waals surface area contributed by atoms with E-state index in [0.29, 0.717) is 40.9 Å². The molecule has 0 aromatic heterocycles. The molecule has 10 heteroatoms. The predicted octanol–water partition coefficient (Wildman–Crippen LogP) is 4.89. The molecule has 0 bridgehead atoms. The van der Waals surface area contributed by atoms with Crippen molar-refractivity contribution in [3.63, 3.8) is 0 Å². The van der Waals surface area contributed by atoms with Crippen LogP contribution in [0.2, 0.25) is 10.0 Å². The summed E-state index contributed by atoms with van der Waals surface area (Å²) in [4.78, 5) is 29.2. The molecule has 2 aromatic carbocycles. The number of benzene rings is 3. The standard InChI is InChI=1S/C27H24Cl2N2O5.C6H15N/c1-5-30-18-10-20-14(7-12(18)3)22(15-8-13(4)19(31-6-2)11-21(15)36-20)23-17(28)9-16(26(32)33)25(29)24(23)27(34)35;1-4-7(5-2)6-3/h7-11,30H,5-6H2,1-4H3,(H,32,33)(H,34,35);4-6H2,1-3H3/p+2. The molecule has 5 N–H and O–H groups in total. The van der Waals surface area contributed by atoms with Gasteiger partial charge in [-0.1, -0.05) is 23.2 Å². The number of nitrogens with one attached hydrogen (secondary N) is 3. The number of fused-ring (bicyclic) bond motifs is 2. The van der Waals surface area contributed by atoms with Gasteiger partial charge in [-0.2, -0.15) is 0 Å². The molecule has 0 radical (unpaired) electrons. The van der Waals surface area contributed by atoms with Gasteiger partial charge in [0.05, 0.1) is 46.9 Å². The first-order valence-corrected chi connectivity index (χ1v) is 15.3. The number of aryl methyl sites for hydroxylation is 2. The number of carboxylic acids is 2. The van der Waals surface area contributed by atoms with Gasteiger partial charge in [-0.25, -0.2) is 14.6 Å². The van der Waals surface area contributed by atoms with Crippen molar-refractivity contribution in [2.45, 2.75) is 48.5 Å². The summed E-state index contributed by atoms with van der Waals surface area (Å²) < 4.78 is 6.33. The van der Waals surface area contributed by atoms with E-state index in [4.69, 9.17) is 27.6 Å². The lowest BCUT2D eigenvalue weighted by Crippen LogP contribution is -3.11. The van der Waals surface area contributed by atoms with Crippen molar-refractivity contribution in [1.82, 2.24) is 0 Å². The third-order valence-corrected chi connectivity index (χ3v) is 8.25. The quantitative estimate of drug-likeness (QED) is 0.168. The molecule has 0 saturated carbocycles.